The molecular formula is C9H11N5O3S. The van der Waals surface area contributed by atoms with Gasteiger partial charge in [-0.25, -0.2) is 23.1 Å². The van der Waals surface area contributed by atoms with Crippen LogP contribution < -0.4 is 10.0 Å². The standard InChI is InChI=1S/C9H11N5O3S/c1-10-9-11-5-8(6-12-9)18(15,16)14-4-7-2-3-13-17-7/h2-3,5-6,14H,4H2,1H3,(H,10,11,12). The number of aromatic nitrogens is 3. The molecule has 2 aromatic heterocycles. The van der Waals surface area contributed by atoms with Gasteiger partial charge in [-0.3, -0.25) is 0 Å². The zero-order chi connectivity index (χ0) is 13.0. The molecule has 2 rings (SSSR count). The molecule has 2 heterocycles. The molecule has 2 N–H and O–H groups in total. The van der Waals surface area contributed by atoms with Crippen molar-refractivity contribution in [2.24, 2.45) is 0 Å². The summed E-state index contributed by atoms with van der Waals surface area (Å²) in [7, 11) is -2.01. The van der Waals surface area contributed by atoms with E-state index in [-0.39, 0.29) is 11.4 Å². The Kier molecular flexibility index (Phi) is 3.53. The topological polar surface area (TPSA) is 110 Å². The molecule has 0 spiro atoms. The molecule has 18 heavy (non-hydrogen) atoms. The second-order valence-electron chi connectivity index (χ2n) is 3.30. The van der Waals surface area contributed by atoms with Gasteiger partial charge in [-0.1, -0.05) is 5.16 Å². The summed E-state index contributed by atoms with van der Waals surface area (Å²) >= 11 is 0. The summed E-state index contributed by atoms with van der Waals surface area (Å²) in [6, 6.07) is 1.57. The first-order valence-electron chi connectivity index (χ1n) is 5.01. The second-order valence-corrected chi connectivity index (χ2v) is 5.06. The number of nitrogens with zero attached hydrogens (tertiary/aromatic N) is 3. The summed E-state index contributed by atoms with van der Waals surface area (Å²) in [6.07, 6.45) is 3.89. The van der Waals surface area contributed by atoms with Gasteiger partial charge in [0.2, 0.25) is 16.0 Å². The van der Waals surface area contributed by atoms with Crippen molar-refractivity contribution in [1.29, 1.82) is 0 Å². The Labute approximate surface area is 103 Å². The van der Waals surface area contributed by atoms with Crippen molar-refractivity contribution < 1.29 is 12.9 Å². The summed E-state index contributed by atoms with van der Waals surface area (Å²) in [5.41, 5.74) is 0. The molecule has 96 valence electrons. The lowest BCUT2D eigenvalue weighted by atomic mass is 10.5. The molecule has 0 aliphatic carbocycles. The van der Waals surface area contributed by atoms with E-state index in [0.29, 0.717) is 11.7 Å². The van der Waals surface area contributed by atoms with Crippen molar-refractivity contribution in [3.8, 4) is 0 Å². The first kappa shape index (κ1) is 12.5. The van der Waals surface area contributed by atoms with E-state index in [4.69, 9.17) is 4.52 Å². The van der Waals surface area contributed by atoms with Gasteiger partial charge in [0.05, 0.1) is 25.1 Å². The van der Waals surface area contributed by atoms with Crippen LogP contribution in [0.25, 0.3) is 0 Å². The van der Waals surface area contributed by atoms with Crippen molar-refractivity contribution in [1.82, 2.24) is 19.8 Å². The molecule has 9 heteroatoms. The molecule has 0 unspecified atom stereocenters. The van der Waals surface area contributed by atoms with E-state index in [9.17, 15) is 8.42 Å². The van der Waals surface area contributed by atoms with Crippen LogP contribution in [-0.2, 0) is 16.6 Å². The quantitative estimate of drug-likeness (QED) is 0.785. The van der Waals surface area contributed by atoms with Crippen molar-refractivity contribution >= 4 is 16.0 Å². The van der Waals surface area contributed by atoms with Crippen LogP contribution in [-0.4, -0.2) is 30.6 Å². The Morgan fingerprint density at radius 2 is 2.06 bits per heavy atom. The van der Waals surface area contributed by atoms with E-state index in [1.54, 1.807) is 13.1 Å². The molecule has 0 bridgehead atoms. The van der Waals surface area contributed by atoms with Gasteiger partial charge in [-0.2, -0.15) is 0 Å². The molecular weight excluding hydrogens is 258 g/mol. The van der Waals surface area contributed by atoms with Gasteiger partial charge in [0.1, 0.15) is 4.90 Å². The fourth-order valence-corrected chi connectivity index (χ4v) is 2.05. The lowest BCUT2D eigenvalue weighted by Gasteiger charge is -2.04. The molecule has 0 atom stereocenters. The SMILES string of the molecule is CNc1ncc(S(=O)(=O)NCc2ccno2)cn1. The van der Waals surface area contributed by atoms with E-state index < -0.39 is 10.0 Å². The zero-order valence-corrected chi connectivity index (χ0v) is 10.3. The van der Waals surface area contributed by atoms with Crippen LogP contribution in [0.15, 0.2) is 34.1 Å². The van der Waals surface area contributed by atoms with E-state index in [0.717, 1.165) is 0 Å². The first-order valence-corrected chi connectivity index (χ1v) is 6.49. The van der Waals surface area contributed by atoms with Crippen LogP contribution in [0, 0.1) is 0 Å². The van der Waals surface area contributed by atoms with E-state index in [1.807, 2.05) is 0 Å². The molecule has 0 fully saturated rings. The average molecular weight is 269 g/mol. The molecule has 0 saturated carbocycles. The van der Waals surface area contributed by atoms with E-state index in [2.05, 4.69) is 25.2 Å². The lowest BCUT2D eigenvalue weighted by molar-refractivity contribution is 0.380. The van der Waals surface area contributed by atoms with Gasteiger partial charge in [0.25, 0.3) is 0 Å². The molecule has 0 aromatic carbocycles. The molecule has 0 saturated heterocycles. The Hall–Kier alpha value is -2.00. The number of hydrogen-bond acceptors (Lipinski definition) is 7. The van der Waals surface area contributed by atoms with E-state index >= 15 is 0 Å². The molecule has 0 aliphatic rings. The summed E-state index contributed by atoms with van der Waals surface area (Å²) in [5.74, 6) is 0.774. The number of sulfonamides is 1. The minimum atomic E-state index is -3.65. The highest BCUT2D eigenvalue weighted by Gasteiger charge is 2.15. The predicted octanol–water partition coefficient (Wildman–Crippen LogP) is -0.0152. The minimum Gasteiger partial charge on any atom is -0.360 e. The van der Waals surface area contributed by atoms with Gasteiger partial charge >= 0.3 is 0 Å². The van der Waals surface area contributed by atoms with Crippen molar-refractivity contribution in [3.05, 3.63) is 30.4 Å². The second kappa shape index (κ2) is 5.10. The third-order valence-electron chi connectivity index (χ3n) is 2.09. The molecule has 0 amide bonds. The van der Waals surface area contributed by atoms with Crippen molar-refractivity contribution in [2.45, 2.75) is 11.4 Å². The molecule has 0 aliphatic heterocycles. The fourth-order valence-electron chi connectivity index (χ4n) is 1.17. The maximum absolute atomic E-state index is 11.9. The largest absolute Gasteiger partial charge is 0.360 e. The van der Waals surface area contributed by atoms with Gasteiger partial charge in [0, 0.05) is 13.1 Å². The van der Waals surface area contributed by atoms with Crippen LogP contribution in [0.5, 0.6) is 0 Å². The number of hydrogen-bond donors (Lipinski definition) is 2. The summed E-state index contributed by atoms with van der Waals surface area (Å²) in [5, 5.41) is 6.17. The van der Waals surface area contributed by atoms with Crippen LogP contribution in [0.3, 0.4) is 0 Å². The number of anilines is 1. The zero-order valence-electron chi connectivity index (χ0n) is 9.49. The predicted molar refractivity (Wildman–Crippen MR) is 62.1 cm³/mol. The first-order chi connectivity index (χ1) is 8.62. The summed E-state index contributed by atoms with van der Waals surface area (Å²) in [6.45, 7) is 0.0239. The Balaban J connectivity index is 2.09. The highest BCUT2D eigenvalue weighted by molar-refractivity contribution is 7.89. The summed E-state index contributed by atoms with van der Waals surface area (Å²) in [4.78, 5) is 7.65. The molecule has 2 aromatic rings. The summed E-state index contributed by atoms with van der Waals surface area (Å²) < 4.78 is 30.8. The highest BCUT2D eigenvalue weighted by atomic mass is 32.2. The normalized spacial score (nSPS) is 11.4. The van der Waals surface area contributed by atoms with Gasteiger partial charge in [0.15, 0.2) is 5.76 Å². The van der Waals surface area contributed by atoms with Crippen LogP contribution in [0.2, 0.25) is 0 Å². The smallest absolute Gasteiger partial charge is 0.244 e. The highest BCUT2D eigenvalue weighted by Crippen LogP contribution is 2.08. The minimum absolute atomic E-state index is 0.0129. The van der Waals surface area contributed by atoms with Gasteiger partial charge in [-0.15, -0.1) is 0 Å². The molecule has 0 radical (unpaired) electrons. The Bertz CT molecular complexity index is 594. The number of rotatable bonds is 5. The Morgan fingerprint density at radius 3 is 2.61 bits per heavy atom. The van der Waals surface area contributed by atoms with Crippen LogP contribution >= 0.6 is 0 Å². The monoisotopic (exact) mass is 269 g/mol. The average Bonchev–Trinajstić information content (AvgIpc) is 2.90. The van der Waals surface area contributed by atoms with E-state index in [1.165, 1.54) is 18.6 Å². The maximum atomic E-state index is 11.9. The Morgan fingerprint density at radius 1 is 1.33 bits per heavy atom. The van der Waals surface area contributed by atoms with Crippen LogP contribution in [0.4, 0.5) is 5.95 Å². The van der Waals surface area contributed by atoms with Crippen molar-refractivity contribution in [3.63, 3.8) is 0 Å². The third kappa shape index (κ3) is 2.81. The lowest BCUT2D eigenvalue weighted by Crippen LogP contribution is -2.23. The fraction of sp³-hybridized carbons (Fsp3) is 0.222. The molecule has 8 nitrogen and oxygen atoms in total. The third-order valence-corrected chi connectivity index (χ3v) is 3.45. The number of nitrogens with one attached hydrogen (secondary N) is 2. The van der Waals surface area contributed by atoms with Crippen molar-refractivity contribution in [2.75, 3.05) is 12.4 Å². The van der Waals surface area contributed by atoms with Gasteiger partial charge < -0.3 is 9.84 Å². The van der Waals surface area contributed by atoms with Crippen LogP contribution in [0.1, 0.15) is 5.76 Å². The maximum Gasteiger partial charge on any atom is 0.244 e. The van der Waals surface area contributed by atoms with Gasteiger partial charge in [-0.05, 0) is 0 Å².